The van der Waals surface area contributed by atoms with Gasteiger partial charge in [-0.3, -0.25) is 9.59 Å². The van der Waals surface area contributed by atoms with Crippen LogP contribution in [0.3, 0.4) is 0 Å². The zero-order valence-corrected chi connectivity index (χ0v) is 14.5. The molecule has 0 atom stereocenters. The Morgan fingerprint density at radius 1 is 1.04 bits per heavy atom. The zero-order valence-electron chi connectivity index (χ0n) is 14.5. The first-order chi connectivity index (χ1) is 13.1. The van der Waals surface area contributed by atoms with Crippen LogP contribution in [0.2, 0.25) is 0 Å². The molecule has 3 rings (SSSR count). The zero-order chi connectivity index (χ0) is 19.1. The lowest BCUT2D eigenvalue weighted by Crippen LogP contribution is -2.30. The van der Waals surface area contributed by atoms with Gasteiger partial charge in [0.15, 0.2) is 0 Å². The van der Waals surface area contributed by atoms with Gasteiger partial charge in [-0.1, -0.05) is 30.3 Å². The third-order valence-electron chi connectivity index (χ3n) is 3.78. The Kier molecular flexibility index (Phi) is 5.94. The first-order valence-corrected chi connectivity index (χ1v) is 8.40. The van der Waals surface area contributed by atoms with Gasteiger partial charge in [-0.2, -0.15) is 5.10 Å². The number of halogens is 1. The number of benzene rings is 2. The number of hydrogen-bond acceptors (Lipinski definition) is 4. The summed E-state index contributed by atoms with van der Waals surface area (Å²) in [7, 11) is 0. The molecule has 0 spiro atoms. The van der Waals surface area contributed by atoms with Gasteiger partial charge in [-0.15, -0.1) is 0 Å². The maximum absolute atomic E-state index is 12.9. The number of carbonyl (C=O) groups excluding carboxylic acids is 1. The van der Waals surface area contributed by atoms with Gasteiger partial charge in [0, 0.05) is 12.6 Å². The standard InChI is InChI=1S/C20H18FN3O3/c21-16-8-6-15(7-9-16)14-22-20(26)18-10-11-19(25)24(23-18)12-13-27-17-4-2-1-3-5-17/h1-11H,12-14H2,(H,22,26). The van der Waals surface area contributed by atoms with Gasteiger partial charge in [0.2, 0.25) is 0 Å². The lowest BCUT2D eigenvalue weighted by molar-refractivity contribution is 0.0943. The number of nitrogens with zero attached hydrogens (tertiary/aromatic N) is 2. The highest BCUT2D eigenvalue weighted by molar-refractivity contribution is 5.91. The third kappa shape index (κ3) is 5.24. The van der Waals surface area contributed by atoms with E-state index >= 15 is 0 Å². The molecule has 0 aliphatic rings. The van der Waals surface area contributed by atoms with Gasteiger partial charge in [-0.25, -0.2) is 9.07 Å². The maximum atomic E-state index is 12.9. The van der Waals surface area contributed by atoms with Gasteiger partial charge >= 0.3 is 0 Å². The second-order valence-electron chi connectivity index (χ2n) is 5.75. The number of carbonyl (C=O) groups is 1. The van der Waals surface area contributed by atoms with Crippen LogP contribution in [-0.2, 0) is 13.1 Å². The molecule has 0 aliphatic heterocycles. The predicted molar refractivity (Wildman–Crippen MR) is 98.0 cm³/mol. The molecule has 1 aromatic heterocycles. The Balaban J connectivity index is 1.59. The minimum Gasteiger partial charge on any atom is -0.492 e. The fraction of sp³-hybridized carbons (Fsp3) is 0.150. The third-order valence-corrected chi connectivity index (χ3v) is 3.78. The molecule has 2 aromatic carbocycles. The van der Waals surface area contributed by atoms with Crippen molar-refractivity contribution in [1.82, 2.24) is 15.1 Å². The normalized spacial score (nSPS) is 10.4. The van der Waals surface area contributed by atoms with Crippen LogP contribution < -0.4 is 15.6 Å². The fourth-order valence-corrected chi connectivity index (χ4v) is 2.37. The minimum absolute atomic E-state index is 0.122. The van der Waals surface area contributed by atoms with Crippen molar-refractivity contribution in [3.63, 3.8) is 0 Å². The number of aromatic nitrogens is 2. The molecule has 0 bridgehead atoms. The summed E-state index contributed by atoms with van der Waals surface area (Å²) in [6.07, 6.45) is 0. The predicted octanol–water partition coefficient (Wildman–Crippen LogP) is 2.39. The van der Waals surface area contributed by atoms with Crippen molar-refractivity contribution in [1.29, 1.82) is 0 Å². The summed E-state index contributed by atoms with van der Waals surface area (Å²) in [5, 5.41) is 6.77. The average molecular weight is 367 g/mol. The van der Waals surface area contributed by atoms with E-state index in [2.05, 4.69) is 10.4 Å². The monoisotopic (exact) mass is 367 g/mol. The Bertz CT molecular complexity index is 956. The number of rotatable bonds is 7. The van der Waals surface area contributed by atoms with E-state index in [1.807, 2.05) is 30.3 Å². The lowest BCUT2D eigenvalue weighted by atomic mass is 10.2. The van der Waals surface area contributed by atoms with Gasteiger partial charge in [0.25, 0.3) is 11.5 Å². The van der Waals surface area contributed by atoms with Crippen LogP contribution in [0.5, 0.6) is 5.75 Å². The Labute approximate surface area is 155 Å². The summed E-state index contributed by atoms with van der Waals surface area (Å²) < 4.78 is 19.6. The second kappa shape index (κ2) is 8.75. The van der Waals surface area contributed by atoms with Gasteiger partial charge in [-0.05, 0) is 35.9 Å². The van der Waals surface area contributed by atoms with E-state index < -0.39 is 5.91 Å². The quantitative estimate of drug-likeness (QED) is 0.696. The summed E-state index contributed by atoms with van der Waals surface area (Å²) >= 11 is 0. The molecular formula is C20H18FN3O3. The average Bonchev–Trinajstić information content (AvgIpc) is 2.69. The van der Waals surface area contributed by atoms with E-state index in [0.717, 1.165) is 5.56 Å². The Morgan fingerprint density at radius 3 is 2.52 bits per heavy atom. The number of nitrogens with one attached hydrogen (secondary N) is 1. The van der Waals surface area contributed by atoms with E-state index in [1.165, 1.54) is 28.9 Å². The van der Waals surface area contributed by atoms with E-state index in [9.17, 15) is 14.0 Å². The molecule has 0 saturated carbocycles. The topological polar surface area (TPSA) is 73.2 Å². The first kappa shape index (κ1) is 18.3. The van der Waals surface area contributed by atoms with Crippen molar-refractivity contribution in [2.45, 2.75) is 13.1 Å². The molecule has 0 aliphatic carbocycles. The smallest absolute Gasteiger partial charge is 0.271 e. The van der Waals surface area contributed by atoms with Crippen LogP contribution in [-0.4, -0.2) is 22.3 Å². The molecule has 1 heterocycles. The van der Waals surface area contributed by atoms with Crippen LogP contribution in [0.15, 0.2) is 71.5 Å². The van der Waals surface area contributed by atoms with Crippen LogP contribution in [0.1, 0.15) is 16.1 Å². The molecule has 27 heavy (non-hydrogen) atoms. The van der Waals surface area contributed by atoms with E-state index in [1.54, 1.807) is 12.1 Å². The Morgan fingerprint density at radius 2 is 1.78 bits per heavy atom. The minimum atomic E-state index is -0.419. The van der Waals surface area contributed by atoms with Crippen molar-refractivity contribution < 1.29 is 13.9 Å². The van der Waals surface area contributed by atoms with Crippen LogP contribution in [0.25, 0.3) is 0 Å². The molecule has 0 saturated heterocycles. The van der Waals surface area contributed by atoms with Crippen LogP contribution in [0.4, 0.5) is 4.39 Å². The van der Waals surface area contributed by atoms with Crippen molar-refractivity contribution in [3.05, 3.63) is 94.2 Å². The second-order valence-corrected chi connectivity index (χ2v) is 5.75. The molecule has 1 N–H and O–H groups in total. The van der Waals surface area contributed by atoms with Crippen LogP contribution >= 0.6 is 0 Å². The highest BCUT2D eigenvalue weighted by atomic mass is 19.1. The molecule has 0 radical (unpaired) electrons. The largest absolute Gasteiger partial charge is 0.492 e. The molecule has 6 nitrogen and oxygen atoms in total. The summed E-state index contributed by atoms with van der Waals surface area (Å²) in [6, 6.07) is 17.7. The summed E-state index contributed by atoms with van der Waals surface area (Å²) in [6.45, 7) is 0.696. The van der Waals surface area contributed by atoms with Gasteiger partial charge in [0.05, 0.1) is 6.54 Å². The van der Waals surface area contributed by atoms with Gasteiger partial charge < -0.3 is 10.1 Å². The Hall–Kier alpha value is -3.48. The number of ether oxygens (including phenoxy) is 1. The van der Waals surface area contributed by atoms with E-state index in [4.69, 9.17) is 4.74 Å². The molecule has 3 aromatic rings. The SMILES string of the molecule is O=C(NCc1ccc(F)cc1)c1ccc(=O)n(CCOc2ccccc2)n1. The lowest BCUT2D eigenvalue weighted by Gasteiger charge is -2.09. The fourth-order valence-electron chi connectivity index (χ4n) is 2.37. The van der Waals surface area contributed by atoms with Crippen LogP contribution in [0, 0.1) is 5.82 Å². The van der Waals surface area contributed by atoms with Crippen molar-refractivity contribution >= 4 is 5.91 Å². The number of para-hydroxylation sites is 1. The van der Waals surface area contributed by atoms with Crippen molar-refractivity contribution in [2.75, 3.05) is 6.61 Å². The van der Waals surface area contributed by atoms with Crippen molar-refractivity contribution in [2.24, 2.45) is 0 Å². The molecule has 1 amide bonds. The van der Waals surface area contributed by atoms with Gasteiger partial charge in [0.1, 0.15) is 23.9 Å². The first-order valence-electron chi connectivity index (χ1n) is 8.40. The van der Waals surface area contributed by atoms with Crippen molar-refractivity contribution in [3.8, 4) is 5.75 Å². The number of amides is 1. The summed E-state index contributed by atoms with van der Waals surface area (Å²) in [5.74, 6) is -0.0626. The molecular weight excluding hydrogens is 349 g/mol. The van der Waals surface area contributed by atoms with E-state index in [-0.39, 0.29) is 36.8 Å². The molecule has 0 unspecified atom stereocenters. The highest BCUT2D eigenvalue weighted by Gasteiger charge is 2.09. The highest BCUT2D eigenvalue weighted by Crippen LogP contribution is 2.08. The number of hydrogen-bond donors (Lipinski definition) is 1. The molecule has 7 heteroatoms. The molecule has 0 fully saturated rings. The molecule has 138 valence electrons. The van der Waals surface area contributed by atoms with E-state index in [0.29, 0.717) is 5.75 Å². The summed E-state index contributed by atoms with van der Waals surface area (Å²) in [4.78, 5) is 24.2. The maximum Gasteiger partial charge on any atom is 0.271 e. The summed E-state index contributed by atoms with van der Waals surface area (Å²) in [5.41, 5.74) is 0.563.